The molecule has 30 heavy (non-hydrogen) atoms. The molecule has 3 heterocycles. The second-order valence-electron chi connectivity index (χ2n) is 8.71. The highest BCUT2D eigenvalue weighted by Crippen LogP contribution is 2.50. The minimum absolute atomic E-state index is 0.0684. The molecule has 2 N–H and O–H groups in total. The first-order chi connectivity index (χ1) is 14.3. The summed E-state index contributed by atoms with van der Waals surface area (Å²) in [7, 11) is 0. The first-order valence-electron chi connectivity index (χ1n) is 10.2. The molecule has 0 fully saturated rings. The van der Waals surface area contributed by atoms with Crippen molar-refractivity contribution in [1.82, 2.24) is 9.78 Å². The number of anilines is 2. The predicted octanol–water partition coefficient (Wildman–Crippen LogP) is 4.19. The summed E-state index contributed by atoms with van der Waals surface area (Å²) in [6, 6.07) is 12.2. The number of hydrogen-bond acceptors (Lipinski definition) is 3. The van der Waals surface area contributed by atoms with E-state index in [1.54, 1.807) is 10.9 Å². The zero-order valence-corrected chi connectivity index (χ0v) is 17.5. The molecule has 5 rings (SSSR count). The number of carbonyl (C=O) groups is 2. The third-order valence-electron chi connectivity index (χ3n) is 6.17. The summed E-state index contributed by atoms with van der Waals surface area (Å²) in [6.45, 7) is 8.30. The number of hydrogen-bond donors (Lipinski definition) is 2. The van der Waals surface area contributed by atoms with E-state index in [9.17, 15) is 9.59 Å². The monoisotopic (exact) mass is 400 g/mol. The van der Waals surface area contributed by atoms with Crippen LogP contribution in [0.4, 0.5) is 11.5 Å². The minimum atomic E-state index is -1.06. The van der Waals surface area contributed by atoms with Crippen LogP contribution in [-0.2, 0) is 15.0 Å². The molecule has 1 atom stereocenters. The van der Waals surface area contributed by atoms with E-state index in [0.29, 0.717) is 11.7 Å². The van der Waals surface area contributed by atoms with Crippen LogP contribution >= 0.6 is 0 Å². The minimum Gasteiger partial charge on any atom is -0.325 e. The number of amides is 2. The Bertz CT molecular complexity index is 1200. The number of carbonyl (C=O) groups excluding carboxylic acids is 2. The smallest absolute Gasteiger partial charge is 0.240 e. The van der Waals surface area contributed by atoms with E-state index in [1.807, 2.05) is 38.1 Å². The van der Waals surface area contributed by atoms with Crippen LogP contribution in [0.25, 0.3) is 5.69 Å². The van der Waals surface area contributed by atoms with Crippen LogP contribution in [0, 0.1) is 13.8 Å². The Morgan fingerprint density at radius 2 is 1.73 bits per heavy atom. The number of rotatable bonds is 2. The topological polar surface area (TPSA) is 76.0 Å². The Balaban J connectivity index is 1.75. The third kappa shape index (κ3) is 2.53. The van der Waals surface area contributed by atoms with E-state index in [1.165, 1.54) is 0 Å². The van der Waals surface area contributed by atoms with Crippen LogP contribution in [0.3, 0.4) is 0 Å². The second kappa shape index (κ2) is 6.29. The van der Waals surface area contributed by atoms with Crippen molar-refractivity contribution in [1.29, 1.82) is 0 Å². The number of nitrogens with zero attached hydrogens (tertiary/aromatic N) is 2. The van der Waals surface area contributed by atoms with Crippen molar-refractivity contribution >= 4 is 23.3 Å². The summed E-state index contributed by atoms with van der Waals surface area (Å²) in [4.78, 5) is 26.2. The molecule has 0 saturated heterocycles. The van der Waals surface area contributed by atoms with E-state index < -0.39 is 5.41 Å². The molecule has 0 saturated carbocycles. The lowest BCUT2D eigenvalue weighted by atomic mass is 9.71. The van der Waals surface area contributed by atoms with Crippen molar-refractivity contribution in [2.45, 2.75) is 45.4 Å². The van der Waals surface area contributed by atoms with Crippen LogP contribution in [0.1, 0.15) is 54.0 Å². The van der Waals surface area contributed by atoms with Gasteiger partial charge in [0.2, 0.25) is 11.8 Å². The molecule has 0 aliphatic carbocycles. The number of nitrogens with one attached hydrogen (secondary N) is 2. The maximum absolute atomic E-state index is 13.3. The largest absolute Gasteiger partial charge is 0.325 e. The fourth-order valence-electron chi connectivity index (χ4n) is 4.74. The van der Waals surface area contributed by atoms with Crippen LogP contribution in [0.2, 0.25) is 0 Å². The molecule has 2 aromatic carbocycles. The quantitative estimate of drug-likeness (QED) is 0.677. The summed E-state index contributed by atoms with van der Waals surface area (Å²) in [6.07, 6.45) is 1.79. The SMILES string of the molecule is Cc1cc(C)cc(-n2ncc3c2NC(=O)C[C@]32C(=O)Nc3ccc(C(C)C)cc32)c1. The van der Waals surface area contributed by atoms with Gasteiger partial charge < -0.3 is 10.6 Å². The van der Waals surface area contributed by atoms with Gasteiger partial charge in [-0.2, -0.15) is 5.10 Å². The molecule has 0 bridgehead atoms. The van der Waals surface area contributed by atoms with Gasteiger partial charge >= 0.3 is 0 Å². The molecule has 1 spiro atoms. The van der Waals surface area contributed by atoms with Crippen molar-refractivity contribution < 1.29 is 9.59 Å². The molecular formula is C24H24N4O2. The molecule has 0 radical (unpaired) electrons. The standard InChI is InChI=1S/C24H24N4O2/c1-13(2)16-5-6-20-18(10-16)24(23(30)26-20)11-21(29)27-22-19(24)12-25-28(22)17-8-14(3)7-15(4)9-17/h5-10,12-13H,11H2,1-4H3,(H,26,30)(H,27,29)/t24-/m1/s1. The van der Waals surface area contributed by atoms with Crippen LogP contribution in [-0.4, -0.2) is 21.6 Å². The summed E-state index contributed by atoms with van der Waals surface area (Å²) < 4.78 is 1.73. The highest BCUT2D eigenvalue weighted by atomic mass is 16.2. The first kappa shape index (κ1) is 18.6. The normalized spacial score (nSPS) is 19.6. The lowest BCUT2D eigenvalue weighted by Gasteiger charge is -2.32. The molecular weight excluding hydrogens is 376 g/mol. The molecule has 3 aromatic rings. The van der Waals surface area contributed by atoms with Crippen LogP contribution < -0.4 is 10.6 Å². The van der Waals surface area contributed by atoms with Crippen molar-refractivity contribution in [2.24, 2.45) is 0 Å². The van der Waals surface area contributed by atoms with Gasteiger partial charge in [-0.25, -0.2) is 4.68 Å². The molecule has 2 aliphatic heterocycles. The van der Waals surface area contributed by atoms with Crippen molar-refractivity contribution in [3.05, 3.63) is 70.4 Å². The highest BCUT2D eigenvalue weighted by molar-refractivity contribution is 6.14. The molecule has 0 unspecified atom stereocenters. The maximum Gasteiger partial charge on any atom is 0.240 e. The third-order valence-corrected chi connectivity index (χ3v) is 6.17. The molecule has 2 aliphatic rings. The Morgan fingerprint density at radius 1 is 1.00 bits per heavy atom. The average molecular weight is 400 g/mol. The van der Waals surface area contributed by atoms with Crippen molar-refractivity contribution in [2.75, 3.05) is 10.6 Å². The molecule has 6 nitrogen and oxygen atoms in total. The van der Waals surface area contributed by atoms with Crippen LogP contribution in [0.5, 0.6) is 0 Å². The van der Waals surface area contributed by atoms with Gasteiger partial charge in [0.25, 0.3) is 0 Å². The van der Waals surface area contributed by atoms with E-state index in [0.717, 1.165) is 39.2 Å². The van der Waals surface area contributed by atoms with E-state index in [-0.39, 0.29) is 18.2 Å². The van der Waals surface area contributed by atoms with E-state index in [2.05, 4.69) is 41.7 Å². The lowest BCUT2D eigenvalue weighted by Crippen LogP contribution is -2.43. The van der Waals surface area contributed by atoms with Gasteiger partial charge in [-0.15, -0.1) is 0 Å². The molecule has 1 aromatic heterocycles. The summed E-state index contributed by atoms with van der Waals surface area (Å²) >= 11 is 0. The Hall–Kier alpha value is -3.41. The van der Waals surface area contributed by atoms with E-state index in [4.69, 9.17) is 0 Å². The van der Waals surface area contributed by atoms with Gasteiger partial charge in [0.15, 0.2) is 0 Å². The van der Waals surface area contributed by atoms with E-state index >= 15 is 0 Å². The fraction of sp³-hybridized carbons (Fsp3) is 0.292. The van der Waals surface area contributed by atoms with Gasteiger partial charge in [0.05, 0.1) is 11.9 Å². The fourth-order valence-corrected chi connectivity index (χ4v) is 4.74. The van der Waals surface area contributed by atoms with Crippen molar-refractivity contribution in [3.8, 4) is 5.69 Å². The Labute approximate surface area is 175 Å². The van der Waals surface area contributed by atoms with Gasteiger partial charge in [0.1, 0.15) is 11.2 Å². The van der Waals surface area contributed by atoms with Gasteiger partial charge in [-0.05, 0) is 60.2 Å². The average Bonchev–Trinajstić information content (AvgIpc) is 3.21. The maximum atomic E-state index is 13.3. The van der Waals surface area contributed by atoms with Gasteiger partial charge in [-0.1, -0.05) is 32.0 Å². The molecule has 2 amide bonds. The summed E-state index contributed by atoms with van der Waals surface area (Å²) in [5.41, 5.74) is 5.51. The van der Waals surface area contributed by atoms with Crippen molar-refractivity contribution in [3.63, 3.8) is 0 Å². The Morgan fingerprint density at radius 3 is 2.43 bits per heavy atom. The number of benzene rings is 2. The zero-order chi connectivity index (χ0) is 21.2. The molecule has 152 valence electrons. The Kier molecular flexibility index (Phi) is 3.90. The summed E-state index contributed by atoms with van der Waals surface area (Å²) in [5.74, 6) is 0.521. The lowest BCUT2D eigenvalue weighted by molar-refractivity contribution is -0.125. The highest BCUT2D eigenvalue weighted by Gasteiger charge is 2.54. The molecule has 6 heteroatoms. The first-order valence-corrected chi connectivity index (χ1v) is 10.2. The second-order valence-corrected chi connectivity index (χ2v) is 8.71. The number of fused-ring (bicyclic) bond motifs is 4. The number of aromatic nitrogens is 2. The van der Waals surface area contributed by atoms with Gasteiger partial charge in [0, 0.05) is 17.7 Å². The summed E-state index contributed by atoms with van der Waals surface area (Å²) in [5, 5.41) is 10.6. The zero-order valence-electron chi connectivity index (χ0n) is 17.5. The van der Waals surface area contributed by atoms with Crippen LogP contribution in [0.15, 0.2) is 42.6 Å². The van der Waals surface area contributed by atoms with Gasteiger partial charge in [-0.3, -0.25) is 9.59 Å². The predicted molar refractivity (Wildman–Crippen MR) is 116 cm³/mol. The number of aryl methyl sites for hydroxylation is 2.